The Kier molecular flexibility index (Phi) is 275. The fourth-order valence-corrected chi connectivity index (χ4v) is 0. The van der Waals surface area contributed by atoms with Gasteiger partial charge in [0, 0.05) is 0 Å². The molecule has 0 aromatic carbocycles. The fourth-order valence-electron chi connectivity index (χ4n) is 0. The van der Waals surface area contributed by atoms with E-state index in [2.05, 4.69) is 0 Å². The predicted octanol–water partition coefficient (Wildman–Crippen LogP) is 0.424. The van der Waals surface area contributed by atoms with E-state index in [0.717, 1.165) is 0 Å². The van der Waals surface area contributed by atoms with Gasteiger partial charge in [-0.05, 0) is 0 Å². The molecular formula is H3FeN3O6+3. The second-order valence-electron chi connectivity index (χ2n) is 0.245. The van der Waals surface area contributed by atoms with Crippen molar-refractivity contribution in [2.75, 3.05) is 0 Å². The van der Waals surface area contributed by atoms with Gasteiger partial charge < -0.3 is 15.6 Å². The van der Waals surface area contributed by atoms with Crippen LogP contribution in [0.1, 0.15) is 0 Å². The Bertz CT molecular complexity index is 49.7. The summed E-state index contributed by atoms with van der Waals surface area (Å²) < 4.78 is 0. The topological polar surface area (TPSA) is 149 Å². The average Bonchev–Trinajstić information content (AvgIpc) is 1.70. The SMILES string of the molecule is O=NO.O=NO.O=NO.[Fe+3]. The predicted molar refractivity (Wildman–Crippen MR) is 22.7 cm³/mol. The summed E-state index contributed by atoms with van der Waals surface area (Å²) in [6.07, 6.45) is 0. The largest absolute Gasteiger partial charge is 3.00 e. The molecule has 0 atom stereocenters. The van der Waals surface area contributed by atoms with Gasteiger partial charge in [-0.1, -0.05) is 0 Å². The van der Waals surface area contributed by atoms with Crippen LogP contribution >= 0.6 is 0 Å². The zero-order valence-corrected chi connectivity index (χ0v) is 5.37. The molecule has 0 aliphatic carbocycles. The van der Waals surface area contributed by atoms with E-state index >= 15 is 0 Å². The Morgan fingerprint density at radius 3 is 0.700 bits per heavy atom. The first-order chi connectivity index (χ1) is 4.24. The third-order valence-corrected chi connectivity index (χ3v) is 0. The van der Waals surface area contributed by atoms with Crippen molar-refractivity contribution in [1.29, 1.82) is 0 Å². The van der Waals surface area contributed by atoms with E-state index < -0.39 is 0 Å². The van der Waals surface area contributed by atoms with Crippen LogP contribution in [0.15, 0.2) is 16.0 Å². The van der Waals surface area contributed by atoms with Crippen LogP contribution in [-0.2, 0) is 17.1 Å². The first kappa shape index (κ1) is 23.3. The van der Waals surface area contributed by atoms with Crippen molar-refractivity contribution < 1.29 is 32.7 Å². The maximum absolute atomic E-state index is 8.11. The van der Waals surface area contributed by atoms with Gasteiger partial charge in [0.1, 0.15) is 0 Å². The second kappa shape index (κ2) is 118. The minimum absolute atomic E-state index is 0. The molecule has 0 saturated carbocycles. The number of rotatable bonds is 0. The van der Waals surface area contributed by atoms with Crippen molar-refractivity contribution in [2.45, 2.75) is 0 Å². The summed E-state index contributed by atoms with van der Waals surface area (Å²) >= 11 is 0. The molecule has 0 heterocycles. The third-order valence-electron chi connectivity index (χ3n) is 0. The molecule has 0 amide bonds. The zero-order valence-electron chi connectivity index (χ0n) is 4.26. The quantitative estimate of drug-likeness (QED) is 0.291. The number of hydrogen-bond acceptors (Lipinski definition) is 6. The smallest absolute Gasteiger partial charge is 0.379 e. The van der Waals surface area contributed by atoms with Gasteiger partial charge in [0.15, 0.2) is 16.0 Å². The van der Waals surface area contributed by atoms with Gasteiger partial charge in [-0.15, -0.1) is 14.7 Å². The number of hydrogen-bond donors (Lipinski definition) is 3. The Morgan fingerprint density at radius 2 is 0.700 bits per heavy atom. The molecule has 0 fully saturated rings. The van der Waals surface area contributed by atoms with Crippen molar-refractivity contribution >= 4 is 0 Å². The summed E-state index contributed by atoms with van der Waals surface area (Å²) in [7, 11) is 0. The van der Waals surface area contributed by atoms with Crippen LogP contribution in [0.2, 0.25) is 0 Å². The maximum Gasteiger partial charge on any atom is 3.00 e. The summed E-state index contributed by atoms with van der Waals surface area (Å²) in [5.41, 5.74) is 0. The summed E-state index contributed by atoms with van der Waals surface area (Å²) in [5.74, 6) is 0. The Morgan fingerprint density at radius 1 is 0.700 bits per heavy atom. The summed E-state index contributed by atoms with van der Waals surface area (Å²) in [6.45, 7) is 0. The summed E-state index contributed by atoms with van der Waals surface area (Å²) in [4.78, 5) is 24.3. The van der Waals surface area contributed by atoms with Crippen LogP contribution in [0.3, 0.4) is 0 Å². The molecule has 0 saturated heterocycles. The molecular weight excluding hydrogens is 194 g/mol. The van der Waals surface area contributed by atoms with Crippen molar-refractivity contribution in [2.24, 2.45) is 16.0 Å². The zero-order chi connectivity index (χ0) is 8.12. The van der Waals surface area contributed by atoms with Gasteiger partial charge in [-0.3, -0.25) is 0 Å². The van der Waals surface area contributed by atoms with Gasteiger partial charge in [0.2, 0.25) is 0 Å². The summed E-state index contributed by atoms with van der Waals surface area (Å²) in [5, 5.41) is 23.7. The van der Waals surface area contributed by atoms with Crippen molar-refractivity contribution in [3.63, 3.8) is 0 Å². The molecule has 0 aromatic heterocycles. The van der Waals surface area contributed by atoms with Crippen LogP contribution in [0.5, 0.6) is 0 Å². The Balaban J connectivity index is -0.0000000257. The first-order valence-electron chi connectivity index (χ1n) is 1.15. The fraction of sp³-hybridized carbons (Fsp3) is 0. The van der Waals surface area contributed by atoms with E-state index in [-0.39, 0.29) is 17.1 Å². The van der Waals surface area contributed by atoms with Crippen LogP contribution in [0.4, 0.5) is 0 Å². The molecule has 0 spiro atoms. The van der Waals surface area contributed by atoms with Gasteiger partial charge in [0.25, 0.3) is 0 Å². The van der Waals surface area contributed by atoms with E-state index in [1.54, 1.807) is 0 Å². The monoisotopic (exact) mass is 197 g/mol. The van der Waals surface area contributed by atoms with E-state index in [9.17, 15) is 0 Å². The Labute approximate surface area is 64.3 Å². The molecule has 3 N–H and O–H groups in total. The standard InChI is InChI=1S/Fe.3HNO2/c;3*2-1-3/h;3*(H,2,3)/q+3;;;. The molecule has 10 heavy (non-hydrogen) atoms. The third kappa shape index (κ3) is 134. The average molecular weight is 197 g/mol. The van der Waals surface area contributed by atoms with Crippen LogP contribution in [-0.4, -0.2) is 15.6 Å². The van der Waals surface area contributed by atoms with Gasteiger partial charge in [0.05, 0.1) is 0 Å². The molecule has 0 aromatic rings. The van der Waals surface area contributed by atoms with Crippen LogP contribution in [0, 0.1) is 14.7 Å². The molecule has 0 unspecified atom stereocenters. The van der Waals surface area contributed by atoms with E-state index in [1.807, 2.05) is 0 Å². The molecule has 0 bridgehead atoms. The van der Waals surface area contributed by atoms with Gasteiger partial charge in [-0.25, -0.2) is 0 Å². The first-order valence-corrected chi connectivity index (χ1v) is 1.15. The Hall–Kier alpha value is -1.28. The summed E-state index contributed by atoms with van der Waals surface area (Å²) in [6, 6.07) is 0. The minimum atomic E-state index is 0. The molecule has 1 radical (unpaired) electrons. The van der Waals surface area contributed by atoms with Crippen molar-refractivity contribution in [1.82, 2.24) is 0 Å². The van der Waals surface area contributed by atoms with Crippen LogP contribution < -0.4 is 0 Å². The minimum Gasteiger partial charge on any atom is -0.379 e. The second-order valence-corrected chi connectivity index (χ2v) is 0.245. The normalized spacial score (nSPS) is 3.60. The molecule has 0 aliphatic heterocycles. The molecule has 10 heteroatoms. The van der Waals surface area contributed by atoms with Crippen LogP contribution in [0.25, 0.3) is 0 Å². The molecule has 59 valence electrons. The maximum atomic E-state index is 8.11. The molecule has 0 aliphatic rings. The van der Waals surface area contributed by atoms with Gasteiger partial charge in [-0.2, -0.15) is 0 Å². The van der Waals surface area contributed by atoms with E-state index in [0.29, 0.717) is 0 Å². The van der Waals surface area contributed by atoms with E-state index in [4.69, 9.17) is 30.3 Å². The van der Waals surface area contributed by atoms with E-state index in [1.165, 1.54) is 16.0 Å². The van der Waals surface area contributed by atoms with Crippen molar-refractivity contribution in [3.8, 4) is 0 Å². The van der Waals surface area contributed by atoms with Crippen molar-refractivity contribution in [3.05, 3.63) is 14.7 Å². The van der Waals surface area contributed by atoms with Gasteiger partial charge >= 0.3 is 17.1 Å². The molecule has 0 rings (SSSR count). The number of nitrogens with zero attached hydrogens (tertiary/aromatic N) is 3. The molecule has 9 nitrogen and oxygen atoms in total.